The van der Waals surface area contributed by atoms with Crippen LogP contribution in [0.1, 0.15) is 17.7 Å². The van der Waals surface area contributed by atoms with E-state index in [1.807, 2.05) is 19.2 Å². The number of rotatable bonds is 1. The van der Waals surface area contributed by atoms with Crippen molar-refractivity contribution < 1.29 is 0 Å². The summed E-state index contributed by atoms with van der Waals surface area (Å²) in [5.74, 6) is 0. The Balaban J connectivity index is 2.32. The molecule has 1 aliphatic rings. The molecule has 2 heterocycles. The topological polar surface area (TPSA) is 50.9 Å². The van der Waals surface area contributed by atoms with Crippen LogP contribution in [-0.2, 0) is 0 Å². The Bertz CT molecular complexity index is 369. The fourth-order valence-corrected chi connectivity index (χ4v) is 1.61. The number of nitrogens with two attached hydrogens (primary N) is 1. The van der Waals surface area contributed by atoms with Crippen molar-refractivity contribution in [2.75, 3.05) is 18.8 Å². The summed E-state index contributed by atoms with van der Waals surface area (Å²) >= 11 is 0. The van der Waals surface area contributed by atoms with E-state index in [0.29, 0.717) is 0 Å². The van der Waals surface area contributed by atoms with Crippen molar-refractivity contribution in [3.63, 3.8) is 0 Å². The van der Waals surface area contributed by atoms with Crippen LogP contribution in [0.4, 0.5) is 5.69 Å². The third kappa shape index (κ3) is 1.77. The Kier molecular flexibility index (Phi) is 2.50. The Morgan fingerprint density at radius 1 is 1.50 bits per heavy atom. The Labute approximate surface area is 84.0 Å². The van der Waals surface area contributed by atoms with E-state index >= 15 is 0 Å². The van der Waals surface area contributed by atoms with E-state index in [1.54, 1.807) is 0 Å². The molecule has 2 rings (SSSR count). The number of hydrogen-bond acceptors (Lipinski definition) is 3. The Morgan fingerprint density at radius 3 is 3.00 bits per heavy atom. The smallest absolute Gasteiger partial charge is 0.0602 e. The molecule has 1 aliphatic heterocycles. The van der Waals surface area contributed by atoms with E-state index < -0.39 is 0 Å². The molecule has 0 aromatic carbocycles. The van der Waals surface area contributed by atoms with Gasteiger partial charge >= 0.3 is 0 Å². The maximum absolute atomic E-state index is 5.82. The van der Waals surface area contributed by atoms with Gasteiger partial charge in [-0.3, -0.25) is 4.98 Å². The second-order valence-electron chi connectivity index (χ2n) is 3.58. The molecule has 0 bridgehead atoms. The molecule has 0 amide bonds. The highest BCUT2D eigenvalue weighted by Gasteiger charge is 2.06. The molecule has 3 nitrogen and oxygen atoms in total. The van der Waals surface area contributed by atoms with E-state index in [1.165, 1.54) is 5.57 Å². The normalized spacial score (nSPS) is 16.5. The first-order valence-corrected chi connectivity index (χ1v) is 4.89. The van der Waals surface area contributed by atoms with Gasteiger partial charge in [-0.15, -0.1) is 0 Å². The van der Waals surface area contributed by atoms with Gasteiger partial charge in [0.15, 0.2) is 0 Å². The molecule has 0 atom stereocenters. The van der Waals surface area contributed by atoms with Crippen LogP contribution >= 0.6 is 0 Å². The van der Waals surface area contributed by atoms with Crippen molar-refractivity contribution in [3.05, 3.63) is 29.6 Å². The van der Waals surface area contributed by atoms with Gasteiger partial charge in [-0.2, -0.15) is 0 Å². The number of nitrogen functional groups attached to an aromatic ring is 1. The van der Waals surface area contributed by atoms with Crippen molar-refractivity contribution in [1.82, 2.24) is 10.3 Å². The largest absolute Gasteiger partial charge is 0.397 e. The molecule has 1 aromatic heterocycles. The minimum Gasteiger partial charge on any atom is -0.397 e. The third-order valence-electron chi connectivity index (χ3n) is 2.56. The van der Waals surface area contributed by atoms with E-state index in [4.69, 9.17) is 5.73 Å². The molecular formula is C11H15N3. The third-order valence-corrected chi connectivity index (χ3v) is 2.56. The summed E-state index contributed by atoms with van der Waals surface area (Å²) in [6, 6.07) is 2.01. The molecule has 3 heteroatoms. The summed E-state index contributed by atoms with van der Waals surface area (Å²) < 4.78 is 0. The number of pyridine rings is 1. The predicted molar refractivity (Wildman–Crippen MR) is 58.9 cm³/mol. The summed E-state index contributed by atoms with van der Waals surface area (Å²) in [6.45, 7) is 3.92. The second-order valence-corrected chi connectivity index (χ2v) is 3.58. The lowest BCUT2D eigenvalue weighted by atomic mass is 10.0. The van der Waals surface area contributed by atoms with Crippen molar-refractivity contribution in [3.8, 4) is 0 Å². The maximum Gasteiger partial charge on any atom is 0.0602 e. The van der Waals surface area contributed by atoms with E-state index in [0.717, 1.165) is 36.5 Å². The van der Waals surface area contributed by atoms with Crippen molar-refractivity contribution in [2.24, 2.45) is 0 Å². The van der Waals surface area contributed by atoms with Crippen LogP contribution in [0.15, 0.2) is 18.3 Å². The van der Waals surface area contributed by atoms with Crippen LogP contribution in [0, 0.1) is 6.92 Å². The first kappa shape index (κ1) is 9.21. The highest BCUT2D eigenvalue weighted by Crippen LogP contribution is 2.21. The Hall–Kier alpha value is -1.35. The van der Waals surface area contributed by atoms with Crippen LogP contribution in [0.3, 0.4) is 0 Å². The van der Waals surface area contributed by atoms with Gasteiger partial charge in [0.05, 0.1) is 11.4 Å². The van der Waals surface area contributed by atoms with Gasteiger partial charge in [0.1, 0.15) is 0 Å². The summed E-state index contributed by atoms with van der Waals surface area (Å²) in [5.41, 5.74) is 10.0. The number of hydrogen-bond donors (Lipinski definition) is 2. The Morgan fingerprint density at radius 2 is 2.36 bits per heavy atom. The summed E-state index contributed by atoms with van der Waals surface area (Å²) in [6.07, 6.45) is 5.17. The highest BCUT2D eigenvalue weighted by atomic mass is 14.8. The monoisotopic (exact) mass is 189 g/mol. The molecule has 0 saturated carbocycles. The molecule has 0 fully saturated rings. The molecule has 0 spiro atoms. The summed E-state index contributed by atoms with van der Waals surface area (Å²) in [7, 11) is 0. The van der Waals surface area contributed by atoms with Crippen molar-refractivity contribution >= 4 is 11.3 Å². The second kappa shape index (κ2) is 3.80. The molecule has 0 saturated heterocycles. The average molecular weight is 189 g/mol. The van der Waals surface area contributed by atoms with Gasteiger partial charge in [-0.25, -0.2) is 0 Å². The first-order valence-electron chi connectivity index (χ1n) is 4.89. The predicted octanol–water partition coefficient (Wildman–Crippen LogP) is 1.35. The fourth-order valence-electron chi connectivity index (χ4n) is 1.61. The molecule has 0 radical (unpaired) electrons. The molecular weight excluding hydrogens is 174 g/mol. The van der Waals surface area contributed by atoms with Crippen LogP contribution in [0.5, 0.6) is 0 Å². The lowest BCUT2D eigenvalue weighted by Crippen LogP contribution is -2.20. The summed E-state index contributed by atoms with van der Waals surface area (Å²) in [4.78, 5) is 4.27. The van der Waals surface area contributed by atoms with Crippen LogP contribution < -0.4 is 11.1 Å². The highest BCUT2D eigenvalue weighted by molar-refractivity contribution is 5.68. The van der Waals surface area contributed by atoms with Crippen LogP contribution in [0.25, 0.3) is 5.57 Å². The number of anilines is 1. The molecule has 14 heavy (non-hydrogen) atoms. The molecule has 74 valence electrons. The zero-order valence-electron chi connectivity index (χ0n) is 8.38. The van der Waals surface area contributed by atoms with E-state index in [-0.39, 0.29) is 0 Å². The van der Waals surface area contributed by atoms with Crippen LogP contribution in [0.2, 0.25) is 0 Å². The minimum atomic E-state index is 0.780. The zero-order valence-corrected chi connectivity index (χ0v) is 8.38. The number of aromatic nitrogens is 1. The van der Waals surface area contributed by atoms with Gasteiger partial charge in [0, 0.05) is 12.7 Å². The zero-order chi connectivity index (χ0) is 9.97. The quantitative estimate of drug-likeness (QED) is 0.701. The van der Waals surface area contributed by atoms with Crippen molar-refractivity contribution in [2.45, 2.75) is 13.3 Å². The lowest BCUT2D eigenvalue weighted by molar-refractivity contribution is 0.738. The average Bonchev–Trinajstić information content (AvgIpc) is 2.23. The standard InChI is InChI=1S/C11H15N3/c1-8-11(12)6-10(7-14-8)9-2-4-13-5-3-9/h2,6-7,13H,3-5,12H2,1H3. The lowest BCUT2D eigenvalue weighted by Gasteiger charge is -2.14. The van der Waals surface area contributed by atoms with E-state index in [2.05, 4.69) is 16.4 Å². The number of nitrogens with zero attached hydrogens (tertiary/aromatic N) is 1. The number of nitrogens with one attached hydrogen (secondary N) is 1. The van der Waals surface area contributed by atoms with Gasteiger partial charge in [-0.05, 0) is 37.1 Å². The van der Waals surface area contributed by atoms with E-state index in [9.17, 15) is 0 Å². The van der Waals surface area contributed by atoms with Crippen LogP contribution in [-0.4, -0.2) is 18.1 Å². The summed E-state index contributed by atoms with van der Waals surface area (Å²) in [5, 5.41) is 3.28. The minimum absolute atomic E-state index is 0.780. The van der Waals surface area contributed by atoms with Gasteiger partial charge in [-0.1, -0.05) is 6.08 Å². The molecule has 1 aromatic rings. The molecule has 3 N–H and O–H groups in total. The molecule has 0 aliphatic carbocycles. The number of aryl methyl sites for hydroxylation is 1. The SMILES string of the molecule is Cc1ncc(C2=CCNCC2)cc1N. The van der Waals surface area contributed by atoms with Gasteiger partial charge in [0.25, 0.3) is 0 Å². The van der Waals surface area contributed by atoms with Crippen molar-refractivity contribution in [1.29, 1.82) is 0 Å². The molecule has 0 unspecified atom stereocenters. The van der Waals surface area contributed by atoms with Gasteiger partial charge in [0.2, 0.25) is 0 Å². The van der Waals surface area contributed by atoms with Gasteiger partial charge < -0.3 is 11.1 Å². The first-order chi connectivity index (χ1) is 6.77. The fraction of sp³-hybridized carbons (Fsp3) is 0.364. The maximum atomic E-state index is 5.82.